The summed E-state index contributed by atoms with van der Waals surface area (Å²) in [7, 11) is 0. The highest BCUT2D eigenvalue weighted by Gasteiger charge is 2.24. The van der Waals surface area contributed by atoms with Crippen LogP contribution in [0.25, 0.3) is 11.3 Å². The van der Waals surface area contributed by atoms with Crippen molar-refractivity contribution in [3.05, 3.63) is 23.6 Å². The first-order chi connectivity index (χ1) is 17.2. The number of hydrogen-bond acceptors (Lipinski definition) is 9. The Kier molecular flexibility index (Phi) is 9.27. The van der Waals surface area contributed by atoms with Gasteiger partial charge in [-0.1, -0.05) is 0 Å². The molecular weight excluding hydrogens is 496 g/mol. The Hall–Kier alpha value is -4.07. The van der Waals surface area contributed by atoms with Crippen molar-refractivity contribution < 1.29 is 44.0 Å². The van der Waals surface area contributed by atoms with E-state index in [1.165, 1.54) is 11.3 Å². The van der Waals surface area contributed by atoms with Crippen LogP contribution >= 0.6 is 11.3 Å². The molecule has 6 N–H and O–H groups in total. The largest absolute Gasteiger partial charge is 0.481 e. The second-order valence-corrected chi connectivity index (χ2v) is 8.72. The fraction of sp³-hybridized carbons (Fsp3) is 0.409. The summed E-state index contributed by atoms with van der Waals surface area (Å²) in [5.41, 5.74) is 1.68. The number of carbonyl (C=O) groups excluding carboxylic acids is 1. The molecule has 1 aliphatic rings. The Morgan fingerprint density at radius 3 is 2.36 bits per heavy atom. The van der Waals surface area contributed by atoms with E-state index in [4.69, 9.17) is 19.7 Å². The third-order valence-corrected chi connectivity index (χ3v) is 6.02. The Morgan fingerprint density at radius 1 is 0.972 bits per heavy atom. The van der Waals surface area contributed by atoms with Gasteiger partial charge in [-0.15, -0.1) is 11.3 Å². The molecule has 14 heteroatoms. The van der Waals surface area contributed by atoms with Crippen molar-refractivity contribution in [2.75, 3.05) is 18.7 Å². The molecule has 0 saturated carbocycles. The van der Waals surface area contributed by atoms with Gasteiger partial charge >= 0.3 is 23.9 Å². The number of ether oxygens (including phenoxy) is 2. The molecule has 0 fully saturated rings. The number of hydrogen-bond donors (Lipinski definition) is 6. The molecule has 1 aromatic heterocycles. The summed E-state index contributed by atoms with van der Waals surface area (Å²) < 4.78 is 10.7. The molecule has 1 aromatic carbocycles. The van der Waals surface area contributed by atoms with Gasteiger partial charge in [0.25, 0.3) is 0 Å². The predicted octanol–water partition coefficient (Wildman–Crippen LogP) is 2.19. The Bertz CT molecular complexity index is 1110. The zero-order chi connectivity index (χ0) is 26.1. The molecule has 2 amide bonds. The molecule has 2 atom stereocenters. The van der Waals surface area contributed by atoms with Crippen molar-refractivity contribution in [3.63, 3.8) is 0 Å². The van der Waals surface area contributed by atoms with Gasteiger partial charge in [-0.2, -0.15) is 0 Å². The number of nitrogens with one attached hydrogen (secondary N) is 3. The van der Waals surface area contributed by atoms with Gasteiger partial charge in [0, 0.05) is 23.9 Å². The van der Waals surface area contributed by atoms with Gasteiger partial charge in [-0.25, -0.2) is 19.4 Å². The molecule has 0 spiro atoms. The number of nitrogens with zero attached hydrogens (tertiary/aromatic N) is 1. The van der Waals surface area contributed by atoms with Gasteiger partial charge in [-0.05, 0) is 43.9 Å². The molecule has 0 bridgehead atoms. The SMILES string of the molecule is O=C(O)CC[C@H](NC(=O)N[C@@H](CCCCNc1nc(-c2ccc3c(c2)OCO3)cs1)C(=O)O)C(=O)O. The molecule has 3 rings (SSSR count). The van der Waals surface area contributed by atoms with Crippen molar-refractivity contribution in [2.45, 2.75) is 44.2 Å². The van der Waals surface area contributed by atoms with E-state index in [2.05, 4.69) is 20.9 Å². The van der Waals surface area contributed by atoms with Crippen LogP contribution in [0.5, 0.6) is 11.5 Å². The van der Waals surface area contributed by atoms with Crippen LogP contribution in [0, 0.1) is 0 Å². The van der Waals surface area contributed by atoms with Gasteiger partial charge in [0.05, 0.1) is 5.69 Å². The van der Waals surface area contributed by atoms with E-state index in [0.29, 0.717) is 36.0 Å². The number of carbonyl (C=O) groups is 4. The number of urea groups is 1. The molecule has 0 saturated heterocycles. The number of aromatic nitrogens is 1. The van der Waals surface area contributed by atoms with Crippen LogP contribution in [0.2, 0.25) is 0 Å². The monoisotopic (exact) mass is 522 g/mol. The van der Waals surface area contributed by atoms with E-state index in [0.717, 1.165) is 11.3 Å². The summed E-state index contributed by atoms with van der Waals surface area (Å²) in [6.07, 6.45) is 0.407. The minimum atomic E-state index is -1.44. The highest BCUT2D eigenvalue weighted by Crippen LogP contribution is 2.36. The third kappa shape index (κ3) is 7.73. The van der Waals surface area contributed by atoms with Crippen LogP contribution in [0.1, 0.15) is 32.1 Å². The summed E-state index contributed by atoms with van der Waals surface area (Å²) >= 11 is 1.43. The van der Waals surface area contributed by atoms with Gasteiger partial charge in [0.1, 0.15) is 12.1 Å². The molecule has 0 aliphatic carbocycles. The Balaban J connectivity index is 1.40. The first-order valence-corrected chi connectivity index (χ1v) is 11.9. The van der Waals surface area contributed by atoms with Crippen LogP contribution in [-0.4, -0.2) is 69.7 Å². The molecule has 0 radical (unpaired) electrons. The highest BCUT2D eigenvalue weighted by atomic mass is 32.1. The summed E-state index contributed by atoms with van der Waals surface area (Å²) in [5, 5.41) is 37.3. The first-order valence-electron chi connectivity index (χ1n) is 11.1. The van der Waals surface area contributed by atoms with Crippen molar-refractivity contribution >= 4 is 40.4 Å². The molecule has 194 valence electrons. The number of anilines is 1. The number of fused-ring (bicyclic) bond motifs is 1. The average molecular weight is 523 g/mol. The fourth-order valence-corrected chi connectivity index (χ4v) is 4.10. The van der Waals surface area contributed by atoms with Crippen LogP contribution in [0.15, 0.2) is 23.6 Å². The van der Waals surface area contributed by atoms with Gasteiger partial charge in [0.15, 0.2) is 16.6 Å². The normalized spacial score (nSPS) is 13.4. The topological polar surface area (TPSA) is 196 Å². The Labute approximate surface area is 209 Å². The second kappa shape index (κ2) is 12.6. The second-order valence-electron chi connectivity index (χ2n) is 7.86. The van der Waals surface area contributed by atoms with E-state index in [1.54, 1.807) is 0 Å². The third-order valence-electron chi connectivity index (χ3n) is 5.22. The maximum Gasteiger partial charge on any atom is 0.326 e. The van der Waals surface area contributed by atoms with E-state index in [9.17, 15) is 24.3 Å². The molecule has 1 aliphatic heterocycles. The van der Waals surface area contributed by atoms with Crippen molar-refractivity contribution in [1.82, 2.24) is 15.6 Å². The van der Waals surface area contributed by atoms with E-state index >= 15 is 0 Å². The zero-order valence-electron chi connectivity index (χ0n) is 19.1. The van der Waals surface area contributed by atoms with Gasteiger partial charge in [0.2, 0.25) is 6.79 Å². The average Bonchev–Trinajstić information content (AvgIpc) is 3.49. The summed E-state index contributed by atoms with van der Waals surface area (Å²) in [6, 6.07) is 1.93. The van der Waals surface area contributed by atoms with E-state index < -0.39 is 42.4 Å². The standard InChI is InChI=1S/C22H26N4O9S/c27-18(28)7-5-14(20(31)32)25-21(33)24-13(19(29)30)3-1-2-8-23-22-26-15(10-36-22)12-4-6-16-17(9-12)35-11-34-16/h4,6,9-10,13-14H,1-3,5,7-8,11H2,(H,23,26)(H,27,28)(H,29,30)(H,31,32)(H2,24,25,33)/t13-,14-/m0/s1. The molecule has 2 aromatic rings. The molecule has 13 nitrogen and oxygen atoms in total. The smallest absolute Gasteiger partial charge is 0.326 e. The van der Waals surface area contributed by atoms with E-state index in [-0.39, 0.29) is 19.6 Å². The number of thiazole rings is 1. The summed E-state index contributed by atoms with van der Waals surface area (Å²) in [4.78, 5) is 49.9. The lowest BCUT2D eigenvalue weighted by Gasteiger charge is -2.18. The van der Waals surface area contributed by atoms with Crippen LogP contribution in [0.3, 0.4) is 0 Å². The maximum absolute atomic E-state index is 12.0. The minimum absolute atomic E-state index is 0.123. The fourth-order valence-electron chi connectivity index (χ4n) is 3.35. The van der Waals surface area contributed by atoms with E-state index in [1.807, 2.05) is 23.6 Å². The molecule has 36 heavy (non-hydrogen) atoms. The van der Waals surface area contributed by atoms with Crippen LogP contribution in [0.4, 0.5) is 9.93 Å². The van der Waals surface area contributed by atoms with Crippen molar-refractivity contribution in [2.24, 2.45) is 0 Å². The molecular formula is C22H26N4O9S. The number of aliphatic carboxylic acids is 3. The lowest BCUT2D eigenvalue weighted by Crippen LogP contribution is -2.51. The van der Waals surface area contributed by atoms with Crippen molar-refractivity contribution in [1.29, 1.82) is 0 Å². The zero-order valence-corrected chi connectivity index (χ0v) is 19.9. The maximum atomic E-state index is 12.0. The van der Waals surface area contributed by atoms with Crippen LogP contribution < -0.4 is 25.4 Å². The lowest BCUT2D eigenvalue weighted by molar-refractivity contribution is -0.140. The quantitative estimate of drug-likeness (QED) is 0.199. The summed E-state index contributed by atoms with van der Waals surface area (Å²) in [5.74, 6) is -2.51. The molecule has 0 unspecified atom stereocenters. The summed E-state index contributed by atoms with van der Waals surface area (Å²) in [6.45, 7) is 0.726. The molecule has 2 heterocycles. The van der Waals surface area contributed by atoms with Crippen molar-refractivity contribution in [3.8, 4) is 22.8 Å². The predicted molar refractivity (Wildman–Crippen MR) is 127 cm³/mol. The van der Waals surface area contributed by atoms with Gasteiger partial charge < -0.3 is 40.7 Å². The number of benzene rings is 1. The van der Waals surface area contributed by atoms with Gasteiger partial charge in [-0.3, -0.25) is 4.79 Å². The minimum Gasteiger partial charge on any atom is -0.481 e. The number of unbranched alkanes of at least 4 members (excludes halogenated alkanes) is 1. The highest BCUT2D eigenvalue weighted by molar-refractivity contribution is 7.14. The number of amides is 2. The number of rotatable bonds is 14. The first kappa shape index (κ1) is 26.5. The lowest BCUT2D eigenvalue weighted by atomic mass is 10.1. The number of carboxylic acids is 3. The van der Waals surface area contributed by atoms with Crippen LogP contribution in [-0.2, 0) is 14.4 Å². The Morgan fingerprint density at radius 2 is 1.67 bits per heavy atom. The number of carboxylic acid groups (broad SMARTS) is 3.